The monoisotopic (exact) mass is 329 g/mol. The summed E-state index contributed by atoms with van der Waals surface area (Å²) in [6.45, 7) is 4.30. The molecule has 0 aliphatic carbocycles. The third kappa shape index (κ3) is 4.58. The predicted molar refractivity (Wildman–Crippen MR) is 76.0 cm³/mol. The summed E-state index contributed by atoms with van der Waals surface area (Å²) in [5, 5.41) is -0.761. The van der Waals surface area contributed by atoms with Gasteiger partial charge in [0.05, 0.1) is 0 Å². The minimum atomic E-state index is -4.33. The van der Waals surface area contributed by atoms with Gasteiger partial charge in [0, 0.05) is 30.2 Å². The first-order valence-corrected chi connectivity index (χ1v) is 7.17. The Morgan fingerprint density at radius 3 is 2.80 bits per heavy atom. The largest absolute Gasteiger partial charge is 0.443 e. The number of alkyl halides is 3. The third-order valence-corrected chi connectivity index (χ3v) is 4.49. The van der Waals surface area contributed by atoms with E-state index in [1.807, 2.05) is 6.92 Å². The fourth-order valence-corrected chi connectivity index (χ4v) is 3.22. The molecule has 2 atom stereocenters. The van der Waals surface area contributed by atoms with Crippen molar-refractivity contribution in [3.63, 3.8) is 0 Å². The molecule has 3 nitrogen and oxygen atoms in total. The molecular formula is C12H19ClF3N3S. The number of halogens is 4. The predicted octanol–water partition coefficient (Wildman–Crippen LogP) is 3.14. The molecule has 0 amide bonds. The first-order chi connectivity index (χ1) is 8.86. The highest BCUT2D eigenvalue weighted by atomic mass is 35.5. The Kier molecular flexibility index (Phi) is 6.25. The summed E-state index contributed by atoms with van der Waals surface area (Å²) in [6.07, 6.45) is -0.843. The van der Waals surface area contributed by atoms with E-state index in [0.29, 0.717) is 17.3 Å². The normalized spacial score (nSPS) is 22.4. The van der Waals surface area contributed by atoms with Crippen LogP contribution in [0.25, 0.3) is 0 Å². The second kappa shape index (κ2) is 7.06. The summed E-state index contributed by atoms with van der Waals surface area (Å²) < 4.78 is 37.4. The minimum Gasteiger partial charge on any atom is -0.328 e. The lowest BCUT2D eigenvalue weighted by Gasteiger charge is -2.34. The van der Waals surface area contributed by atoms with Crippen molar-refractivity contribution in [2.45, 2.75) is 38.5 Å². The van der Waals surface area contributed by atoms with Gasteiger partial charge in [-0.1, -0.05) is 0 Å². The van der Waals surface area contributed by atoms with E-state index in [-0.39, 0.29) is 18.4 Å². The second-order valence-electron chi connectivity index (χ2n) is 5.13. The van der Waals surface area contributed by atoms with Crippen LogP contribution in [0.3, 0.4) is 0 Å². The summed E-state index contributed by atoms with van der Waals surface area (Å²) >= 11 is 0.734. The van der Waals surface area contributed by atoms with Crippen LogP contribution in [0.4, 0.5) is 13.2 Å². The molecule has 2 rings (SSSR count). The van der Waals surface area contributed by atoms with Gasteiger partial charge in [-0.3, -0.25) is 4.90 Å². The van der Waals surface area contributed by atoms with Crippen molar-refractivity contribution in [3.05, 3.63) is 16.1 Å². The molecule has 2 unspecified atom stereocenters. The van der Waals surface area contributed by atoms with E-state index in [9.17, 15) is 13.2 Å². The molecule has 2 N–H and O–H groups in total. The molecule has 1 aromatic heterocycles. The van der Waals surface area contributed by atoms with Gasteiger partial charge in [-0.15, -0.1) is 23.7 Å². The molecule has 1 aromatic rings. The number of aromatic nitrogens is 1. The van der Waals surface area contributed by atoms with Crippen LogP contribution < -0.4 is 5.73 Å². The van der Waals surface area contributed by atoms with Crippen molar-refractivity contribution < 1.29 is 13.2 Å². The van der Waals surface area contributed by atoms with Crippen LogP contribution in [-0.2, 0) is 12.7 Å². The Bertz CT molecular complexity index is 422. The highest BCUT2D eigenvalue weighted by Gasteiger charge is 2.34. The smallest absolute Gasteiger partial charge is 0.328 e. The average Bonchev–Trinajstić information content (AvgIpc) is 2.77. The zero-order valence-corrected chi connectivity index (χ0v) is 12.8. The van der Waals surface area contributed by atoms with Gasteiger partial charge >= 0.3 is 6.18 Å². The van der Waals surface area contributed by atoms with Crippen LogP contribution in [0.1, 0.15) is 29.7 Å². The maximum absolute atomic E-state index is 12.5. The summed E-state index contributed by atoms with van der Waals surface area (Å²) in [4.78, 5) is 6.29. The molecule has 0 aromatic carbocycles. The number of hydrogen-bond acceptors (Lipinski definition) is 4. The Morgan fingerprint density at radius 1 is 1.55 bits per heavy atom. The third-order valence-electron chi connectivity index (χ3n) is 3.46. The first kappa shape index (κ1) is 17.7. The maximum Gasteiger partial charge on any atom is 0.443 e. The van der Waals surface area contributed by atoms with Crippen LogP contribution in [0.5, 0.6) is 0 Å². The number of nitrogens with zero attached hydrogens (tertiary/aromatic N) is 2. The van der Waals surface area contributed by atoms with Gasteiger partial charge in [0.1, 0.15) is 0 Å². The molecule has 1 fully saturated rings. The van der Waals surface area contributed by atoms with E-state index < -0.39 is 11.2 Å². The zero-order chi connectivity index (χ0) is 14.0. The molecule has 0 spiro atoms. The molecule has 20 heavy (non-hydrogen) atoms. The van der Waals surface area contributed by atoms with Crippen LogP contribution in [0.15, 0.2) is 6.20 Å². The highest BCUT2D eigenvalue weighted by Crippen LogP contribution is 2.33. The van der Waals surface area contributed by atoms with Gasteiger partial charge in [0.2, 0.25) is 0 Å². The Balaban J connectivity index is 0.00000200. The standard InChI is InChI=1S/C12H18F3N3S.ClH/c1-8(16)9-3-2-4-18(6-9)7-10-5-17-11(19-10)12(13,14)15;/h5,8-9H,2-4,6-7,16H2,1H3;1H. The van der Waals surface area contributed by atoms with Crippen LogP contribution in [-0.4, -0.2) is 29.0 Å². The summed E-state index contributed by atoms with van der Waals surface area (Å²) in [7, 11) is 0. The zero-order valence-electron chi connectivity index (χ0n) is 11.2. The number of nitrogens with two attached hydrogens (primary N) is 1. The van der Waals surface area contributed by atoms with E-state index in [0.717, 1.165) is 37.3 Å². The molecule has 1 aliphatic rings. The lowest BCUT2D eigenvalue weighted by atomic mass is 9.92. The Labute approximate surface area is 126 Å². The van der Waals surface area contributed by atoms with Crippen LogP contribution in [0, 0.1) is 5.92 Å². The van der Waals surface area contributed by atoms with Crippen molar-refractivity contribution in [3.8, 4) is 0 Å². The summed E-state index contributed by atoms with van der Waals surface area (Å²) in [5.41, 5.74) is 5.90. The molecule has 0 bridgehead atoms. The molecule has 8 heteroatoms. The van der Waals surface area contributed by atoms with Gasteiger partial charge in [0.25, 0.3) is 0 Å². The van der Waals surface area contributed by atoms with E-state index in [1.165, 1.54) is 6.20 Å². The van der Waals surface area contributed by atoms with Gasteiger partial charge in [-0.2, -0.15) is 13.2 Å². The number of hydrogen-bond donors (Lipinski definition) is 1. The Morgan fingerprint density at radius 2 is 2.25 bits per heavy atom. The van der Waals surface area contributed by atoms with Crippen molar-refractivity contribution in [1.29, 1.82) is 0 Å². The van der Waals surface area contributed by atoms with Crippen molar-refractivity contribution in [2.75, 3.05) is 13.1 Å². The lowest BCUT2D eigenvalue weighted by molar-refractivity contribution is -0.137. The van der Waals surface area contributed by atoms with E-state index in [2.05, 4.69) is 9.88 Å². The molecule has 116 valence electrons. The lowest BCUT2D eigenvalue weighted by Crippen LogP contribution is -2.41. The fourth-order valence-electron chi connectivity index (χ4n) is 2.40. The van der Waals surface area contributed by atoms with Crippen LogP contribution in [0.2, 0.25) is 0 Å². The summed E-state index contributed by atoms with van der Waals surface area (Å²) in [5.74, 6) is 0.434. The van der Waals surface area contributed by atoms with E-state index in [4.69, 9.17) is 5.73 Å². The van der Waals surface area contributed by atoms with Crippen LogP contribution >= 0.6 is 23.7 Å². The molecule has 1 saturated heterocycles. The molecule has 1 aliphatic heterocycles. The maximum atomic E-state index is 12.5. The van der Waals surface area contributed by atoms with Gasteiger partial charge in [0.15, 0.2) is 5.01 Å². The number of likely N-dealkylation sites (tertiary alicyclic amines) is 1. The van der Waals surface area contributed by atoms with Crippen molar-refractivity contribution >= 4 is 23.7 Å². The SMILES string of the molecule is CC(N)C1CCCN(Cc2cnc(C(F)(F)F)s2)C1.Cl. The van der Waals surface area contributed by atoms with E-state index in [1.54, 1.807) is 0 Å². The minimum absolute atomic E-state index is 0. The summed E-state index contributed by atoms with van der Waals surface area (Å²) in [6, 6.07) is 0.134. The fraction of sp³-hybridized carbons (Fsp3) is 0.750. The Hall–Kier alpha value is -0.370. The average molecular weight is 330 g/mol. The molecule has 2 heterocycles. The number of rotatable bonds is 3. The topological polar surface area (TPSA) is 42.1 Å². The first-order valence-electron chi connectivity index (χ1n) is 6.36. The number of thiazole rings is 1. The van der Waals surface area contributed by atoms with Gasteiger partial charge in [-0.05, 0) is 32.2 Å². The molecule has 0 radical (unpaired) electrons. The quantitative estimate of drug-likeness (QED) is 0.926. The number of piperidine rings is 1. The van der Waals surface area contributed by atoms with E-state index >= 15 is 0 Å². The van der Waals surface area contributed by atoms with Crippen molar-refractivity contribution in [1.82, 2.24) is 9.88 Å². The van der Waals surface area contributed by atoms with Crippen molar-refractivity contribution in [2.24, 2.45) is 11.7 Å². The second-order valence-corrected chi connectivity index (χ2v) is 6.24. The highest BCUT2D eigenvalue weighted by molar-refractivity contribution is 7.11. The van der Waals surface area contributed by atoms with Gasteiger partial charge in [-0.25, -0.2) is 4.98 Å². The molecular weight excluding hydrogens is 311 g/mol. The molecule has 0 saturated carbocycles. The van der Waals surface area contributed by atoms with Gasteiger partial charge < -0.3 is 5.73 Å².